The number of likely N-dealkylation sites (tertiary alicyclic amines) is 1. The molecule has 17 heavy (non-hydrogen) atoms. The van der Waals surface area contributed by atoms with E-state index in [1.807, 2.05) is 13.8 Å². The zero-order valence-electron chi connectivity index (χ0n) is 10.8. The number of amides is 2. The summed E-state index contributed by atoms with van der Waals surface area (Å²) in [4.78, 5) is 26.1. The number of imide groups is 1. The predicted molar refractivity (Wildman–Crippen MR) is 65.1 cm³/mol. The largest absolute Gasteiger partial charge is 0.328 e. The summed E-state index contributed by atoms with van der Waals surface area (Å²) in [6.07, 6.45) is 5.45. The van der Waals surface area contributed by atoms with Gasteiger partial charge in [-0.2, -0.15) is 0 Å². The molecule has 1 aliphatic heterocycles. The van der Waals surface area contributed by atoms with Gasteiger partial charge in [-0.05, 0) is 26.7 Å². The molecule has 0 aromatic carbocycles. The van der Waals surface area contributed by atoms with Crippen molar-refractivity contribution in [3.05, 3.63) is 0 Å². The van der Waals surface area contributed by atoms with E-state index in [-0.39, 0.29) is 17.2 Å². The zero-order chi connectivity index (χ0) is 12.7. The molecule has 0 bridgehead atoms. The third kappa shape index (κ3) is 1.88. The lowest BCUT2D eigenvalue weighted by Crippen LogP contribution is -2.53. The van der Waals surface area contributed by atoms with Crippen LogP contribution in [0.4, 0.5) is 0 Å². The van der Waals surface area contributed by atoms with Crippen LogP contribution >= 0.6 is 0 Å². The smallest absolute Gasteiger partial charge is 0.236 e. The van der Waals surface area contributed by atoms with Crippen molar-refractivity contribution in [2.24, 2.45) is 11.1 Å². The zero-order valence-corrected chi connectivity index (χ0v) is 10.8. The highest BCUT2D eigenvalue weighted by molar-refractivity contribution is 6.06. The topological polar surface area (TPSA) is 63.4 Å². The van der Waals surface area contributed by atoms with E-state index in [1.165, 1.54) is 11.3 Å². The standard InChI is InChI=1S/C13H22N2O2/c1-12(2,9-14)15-10(16)8-13(11(15)17)6-4-3-5-7-13/h3-9,14H2,1-2H3. The van der Waals surface area contributed by atoms with E-state index >= 15 is 0 Å². The van der Waals surface area contributed by atoms with Crippen LogP contribution in [0.5, 0.6) is 0 Å². The molecule has 1 saturated heterocycles. The van der Waals surface area contributed by atoms with Crippen LogP contribution in [0.15, 0.2) is 0 Å². The minimum atomic E-state index is -0.547. The van der Waals surface area contributed by atoms with E-state index in [0.29, 0.717) is 13.0 Å². The molecule has 2 N–H and O–H groups in total. The molecule has 0 radical (unpaired) electrons. The Morgan fingerprint density at radius 2 is 1.82 bits per heavy atom. The Labute approximate surface area is 103 Å². The number of carbonyl (C=O) groups is 2. The fourth-order valence-electron chi connectivity index (χ4n) is 3.12. The van der Waals surface area contributed by atoms with E-state index in [4.69, 9.17) is 5.73 Å². The molecule has 0 unspecified atom stereocenters. The normalized spacial score (nSPS) is 24.8. The maximum Gasteiger partial charge on any atom is 0.236 e. The third-order valence-corrected chi connectivity index (χ3v) is 4.31. The van der Waals surface area contributed by atoms with Gasteiger partial charge in [0.05, 0.1) is 11.0 Å². The van der Waals surface area contributed by atoms with Crippen LogP contribution in [0.2, 0.25) is 0 Å². The number of nitrogens with two attached hydrogens (primary N) is 1. The van der Waals surface area contributed by atoms with Gasteiger partial charge in [0.2, 0.25) is 11.8 Å². The van der Waals surface area contributed by atoms with Crippen molar-refractivity contribution in [3.8, 4) is 0 Å². The molecular weight excluding hydrogens is 216 g/mol. The second-order valence-corrected chi connectivity index (χ2v) is 6.07. The first kappa shape index (κ1) is 12.6. The Balaban J connectivity index is 2.27. The van der Waals surface area contributed by atoms with Gasteiger partial charge in [-0.1, -0.05) is 19.3 Å². The first-order valence-electron chi connectivity index (χ1n) is 6.51. The molecule has 1 spiro atoms. The molecule has 0 aromatic heterocycles. The Bertz CT molecular complexity index is 343. The molecular formula is C13H22N2O2. The molecule has 1 heterocycles. The molecule has 96 valence electrons. The van der Waals surface area contributed by atoms with E-state index in [1.54, 1.807) is 0 Å². The van der Waals surface area contributed by atoms with Crippen molar-refractivity contribution in [2.45, 2.75) is 57.9 Å². The third-order valence-electron chi connectivity index (χ3n) is 4.31. The van der Waals surface area contributed by atoms with Gasteiger partial charge in [0.25, 0.3) is 0 Å². The molecule has 4 nitrogen and oxygen atoms in total. The lowest BCUT2D eigenvalue weighted by Gasteiger charge is -2.36. The summed E-state index contributed by atoms with van der Waals surface area (Å²) in [5.41, 5.74) is 4.75. The van der Waals surface area contributed by atoms with Crippen LogP contribution in [0.1, 0.15) is 52.4 Å². The van der Waals surface area contributed by atoms with Crippen LogP contribution < -0.4 is 5.73 Å². The SMILES string of the molecule is CC(C)(CN)N1C(=O)CC2(CCCCC2)C1=O. The molecule has 2 amide bonds. The summed E-state index contributed by atoms with van der Waals surface area (Å²) >= 11 is 0. The minimum Gasteiger partial charge on any atom is -0.328 e. The second kappa shape index (κ2) is 4.09. The Hall–Kier alpha value is -0.900. The lowest BCUT2D eigenvalue weighted by molar-refractivity contribution is -0.147. The summed E-state index contributed by atoms with van der Waals surface area (Å²) in [6, 6.07) is 0. The van der Waals surface area contributed by atoms with Gasteiger partial charge in [-0.25, -0.2) is 0 Å². The van der Waals surface area contributed by atoms with E-state index in [9.17, 15) is 9.59 Å². The van der Waals surface area contributed by atoms with E-state index in [0.717, 1.165) is 25.7 Å². The molecule has 2 aliphatic rings. The van der Waals surface area contributed by atoms with Gasteiger partial charge < -0.3 is 5.73 Å². The molecule has 0 atom stereocenters. The molecule has 0 aromatic rings. The number of rotatable bonds is 2. The van der Waals surface area contributed by atoms with E-state index < -0.39 is 5.54 Å². The summed E-state index contributed by atoms with van der Waals surface area (Å²) in [7, 11) is 0. The monoisotopic (exact) mass is 238 g/mol. The van der Waals surface area contributed by atoms with Gasteiger partial charge in [0.15, 0.2) is 0 Å². The average Bonchev–Trinajstić information content (AvgIpc) is 2.52. The predicted octanol–water partition coefficient (Wildman–Crippen LogP) is 1.43. The molecule has 2 fully saturated rings. The second-order valence-electron chi connectivity index (χ2n) is 6.07. The molecule has 2 rings (SSSR count). The maximum absolute atomic E-state index is 12.5. The summed E-state index contributed by atoms with van der Waals surface area (Å²) in [5, 5.41) is 0. The number of hydrogen-bond acceptors (Lipinski definition) is 3. The van der Waals surface area contributed by atoms with Gasteiger partial charge in [0.1, 0.15) is 0 Å². The summed E-state index contributed by atoms with van der Waals surface area (Å²) in [6.45, 7) is 4.05. The fourth-order valence-corrected chi connectivity index (χ4v) is 3.12. The van der Waals surface area contributed by atoms with Gasteiger partial charge in [0, 0.05) is 13.0 Å². The van der Waals surface area contributed by atoms with Crippen LogP contribution in [-0.2, 0) is 9.59 Å². The van der Waals surface area contributed by atoms with Crippen LogP contribution in [0.3, 0.4) is 0 Å². The van der Waals surface area contributed by atoms with Crippen LogP contribution in [0.25, 0.3) is 0 Å². The van der Waals surface area contributed by atoms with Crippen molar-refractivity contribution in [2.75, 3.05) is 6.54 Å². The van der Waals surface area contributed by atoms with Gasteiger partial charge >= 0.3 is 0 Å². The minimum absolute atomic E-state index is 0.0256. The number of carbonyl (C=O) groups excluding carboxylic acids is 2. The number of nitrogens with zero attached hydrogens (tertiary/aromatic N) is 1. The Kier molecular flexibility index (Phi) is 3.02. The Morgan fingerprint density at radius 1 is 1.24 bits per heavy atom. The maximum atomic E-state index is 12.5. The van der Waals surface area contributed by atoms with Crippen LogP contribution in [-0.4, -0.2) is 28.8 Å². The van der Waals surface area contributed by atoms with Gasteiger partial charge in [-0.3, -0.25) is 14.5 Å². The van der Waals surface area contributed by atoms with E-state index in [2.05, 4.69) is 0 Å². The van der Waals surface area contributed by atoms with Crippen molar-refractivity contribution >= 4 is 11.8 Å². The summed E-state index contributed by atoms with van der Waals surface area (Å²) in [5.74, 6) is -0.00926. The lowest BCUT2D eigenvalue weighted by atomic mass is 9.73. The van der Waals surface area contributed by atoms with Crippen molar-refractivity contribution in [3.63, 3.8) is 0 Å². The average molecular weight is 238 g/mol. The highest BCUT2D eigenvalue weighted by Gasteiger charge is 2.54. The van der Waals surface area contributed by atoms with Gasteiger partial charge in [-0.15, -0.1) is 0 Å². The highest BCUT2D eigenvalue weighted by atomic mass is 16.2. The quantitative estimate of drug-likeness (QED) is 0.740. The first-order chi connectivity index (χ1) is 7.93. The van der Waals surface area contributed by atoms with Crippen molar-refractivity contribution in [1.29, 1.82) is 0 Å². The number of hydrogen-bond donors (Lipinski definition) is 1. The summed E-state index contributed by atoms with van der Waals surface area (Å²) < 4.78 is 0. The van der Waals surface area contributed by atoms with Crippen molar-refractivity contribution in [1.82, 2.24) is 4.90 Å². The first-order valence-corrected chi connectivity index (χ1v) is 6.51. The Morgan fingerprint density at radius 3 is 2.35 bits per heavy atom. The van der Waals surface area contributed by atoms with Crippen molar-refractivity contribution < 1.29 is 9.59 Å². The highest BCUT2D eigenvalue weighted by Crippen LogP contribution is 2.46. The van der Waals surface area contributed by atoms with Crippen LogP contribution in [0, 0.1) is 5.41 Å². The molecule has 4 heteroatoms. The fraction of sp³-hybridized carbons (Fsp3) is 0.846. The molecule has 1 aliphatic carbocycles. The molecule has 1 saturated carbocycles.